The molecule has 1 aliphatic rings. The Morgan fingerprint density at radius 3 is 2.53 bits per heavy atom. The Hall–Kier alpha value is -3.17. The number of hydrogen-bond donors (Lipinski definition) is 1. The van der Waals surface area contributed by atoms with E-state index in [-0.39, 0.29) is 29.4 Å². The summed E-state index contributed by atoms with van der Waals surface area (Å²) in [7, 11) is 5.05. The Kier molecular flexibility index (Phi) is 9.24. The van der Waals surface area contributed by atoms with Gasteiger partial charge in [0.25, 0.3) is 11.6 Å². The summed E-state index contributed by atoms with van der Waals surface area (Å²) in [5.41, 5.74) is 1.13. The van der Waals surface area contributed by atoms with Gasteiger partial charge in [0.05, 0.1) is 24.7 Å². The molecule has 34 heavy (non-hydrogen) atoms. The number of nitro benzene ring substituents is 1. The summed E-state index contributed by atoms with van der Waals surface area (Å²) in [6.45, 7) is 1.18. The molecule has 0 aromatic heterocycles. The van der Waals surface area contributed by atoms with E-state index in [1.807, 2.05) is 24.3 Å². The second-order valence-corrected chi connectivity index (χ2v) is 8.44. The van der Waals surface area contributed by atoms with Crippen molar-refractivity contribution in [1.29, 1.82) is 0 Å². The molecule has 9 nitrogen and oxygen atoms in total. The zero-order valence-corrected chi connectivity index (χ0v) is 20.0. The Morgan fingerprint density at radius 1 is 1.12 bits per heavy atom. The molecule has 0 atom stereocenters. The summed E-state index contributed by atoms with van der Waals surface area (Å²) in [6.07, 6.45) is 6.12. The first-order chi connectivity index (χ1) is 16.4. The summed E-state index contributed by atoms with van der Waals surface area (Å²) in [6, 6.07) is 10.6. The molecule has 1 fully saturated rings. The molecule has 0 radical (unpaired) electrons. The molecular formula is C25H33N3O6. The minimum absolute atomic E-state index is 0.101. The van der Waals surface area contributed by atoms with Crippen LogP contribution in [0.5, 0.6) is 11.5 Å². The molecule has 3 rings (SSSR count). The smallest absolute Gasteiger partial charge is 0.286 e. The van der Waals surface area contributed by atoms with E-state index in [1.54, 1.807) is 0 Å². The van der Waals surface area contributed by atoms with Crippen LogP contribution in [0.15, 0.2) is 36.4 Å². The zero-order valence-electron chi connectivity index (χ0n) is 20.0. The molecule has 9 heteroatoms. The van der Waals surface area contributed by atoms with Gasteiger partial charge in [-0.25, -0.2) is 0 Å². The van der Waals surface area contributed by atoms with Crippen molar-refractivity contribution in [2.75, 3.05) is 39.8 Å². The molecule has 1 saturated carbocycles. The number of rotatable bonds is 11. The Labute approximate surface area is 200 Å². The van der Waals surface area contributed by atoms with E-state index in [0.29, 0.717) is 24.9 Å². The minimum atomic E-state index is -0.597. The third-order valence-corrected chi connectivity index (χ3v) is 6.15. The fraction of sp³-hybridized carbons (Fsp3) is 0.480. The van der Waals surface area contributed by atoms with Gasteiger partial charge < -0.3 is 19.5 Å². The monoisotopic (exact) mass is 471 g/mol. The molecule has 0 aliphatic heterocycles. The highest BCUT2D eigenvalue weighted by atomic mass is 16.6. The molecule has 2 aromatic rings. The normalized spacial score (nSPS) is 14.1. The quantitative estimate of drug-likeness (QED) is 0.289. The summed E-state index contributed by atoms with van der Waals surface area (Å²) in [5, 5.41) is 14.6. The maximum absolute atomic E-state index is 13.2. The van der Waals surface area contributed by atoms with E-state index in [1.165, 1.54) is 58.5 Å². The topological polar surface area (TPSA) is 103 Å². The van der Waals surface area contributed by atoms with E-state index in [2.05, 4.69) is 17.3 Å². The second-order valence-electron chi connectivity index (χ2n) is 8.44. The predicted molar refractivity (Wildman–Crippen MR) is 130 cm³/mol. The van der Waals surface area contributed by atoms with Gasteiger partial charge in [-0.3, -0.25) is 19.8 Å². The third kappa shape index (κ3) is 6.45. The maximum Gasteiger partial charge on any atom is 0.286 e. The largest absolute Gasteiger partial charge is 0.493 e. The molecular weight excluding hydrogens is 438 g/mol. The van der Waals surface area contributed by atoms with Gasteiger partial charge in [0, 0.05) is 31.5 Å². The van der Waals surface area contributed by atoms with Crippen molar-refractivity contribution in [3.63, 3.8) is 0 Å². The highest BCUT2D eigenvalue weighted by molar-refractivity contribution is 6.08. The lowest BCUT2D eigenvalue weighted by molar-refractivity contribution is -0.385. The lowest BCUT2D eigenvalue weighted by Gasteiger charge is -2.31. The molecule has 1 amide bonds. The molecule has 2 aromatic carbocycles. The van der Waals surface area contributed by atoms with Crippen LogP contribution in [0.2, 0.25) is 0 Å². The van der Waals surface area contributed by atoms with Gasteiger partial charge in [-0.1, -0.05) is 37.5 Å². The molecule has 0 unspecified atom stereocenters. The lowest BCUT2D eigenvalue weighted by Crippen LogP contribution is -2.33. The van der Waals surface area contributed by atoms with E-state index in [0.717, 1.165) is 5.56 Å². The number of carbonyl (C=O) groups excluding carboxylic acids is 1. The summed E-state index contributed by atoms with van der Waals surface area (Å²) >= 11 is 0. The van der Waals surface area contributed by atoms with Crippen LogP contribution in [0.4, 0.5) is 11.4 Å². The molecule has 0 heterocycles. The molecule has 184 valence electrons. The Balaban J connectivity index is 1.83. The number of carbonyl (C=O) groups is 1. The number of nitro groups is 1. The van der Waals surface area contributed by atoms with Gasteiger partial charge in [-0.05, 0) is 31.5 Å². The highest BCUT2D eigenvalue weighted by Crippen LogP contribution is 2.35. The van der Waals surface area contributed by atoms with E-state index in [4.69, 9.17) is 14.2 Å². The molecule has 1 N–H and O–H groups in total. The Bertz CT molecular complexity index is 991. The van der Waals surface area contributed by atoms with E-state index in [9.17, 15) is 14.9 Å². The number of methoxy groups -OCH3 is 2. The first-order valence-corrected chi connectivity index (χ1v) is 11.5. The van der Waals surface area contributed by atoms with Crippen LogP contribution < -0.4 is 14.8 Å². The van der Waals surface area contributed by atoms with Crippen LogP contribution in [-0.4, -0.2) is 56.3 Å². The van der Waals surface area contributed by atoms with Crippen molar-refractivity contribution >= 4 is 17.3 Å². The van der Waals surface area contributed by atoms with E-state index >= 15 is 0 Å². The maximum atomic E-state index is 13.2. The molecule has 0 spiro atoms. The van der Waals surface area contributed by atoms with Crippen LogP contribution in [0.3, 0.4) is 0 Å². The third-order valence-electron chi connectivity index (χ3n) is 6.15. The number of nitrogens with one attached hydrogen (secondary N) is 1. The predicted octanol–water partition coefficient (Wildman–Crippen LogP) is 4.65. The van der Waals surface area contributed by atoms with Crippen molar-refractivity contribution in [2.45, 2.75) is 44.7 Å². The number of hydrogen-bond acceptors (Lipinski definition) is 7. The molecule has 0 saturated heterocycles. The van der Waals surface area contributed by atoms with Gasteiger partial charge in [0.15, 0.2) is 11.5 Å². The van der Waals surface area contributed by atoms with Gasteiger partial charge in [0.2, 0.25) is 0 Å². The van der Waals surface area contributed by atoms with E-state index < -0.39 is 10.8 Å². The average Bonchev–Trinajstić information content (AvgIpc) is 2.85. The number of amides is 1. The number of para-hydroxylation sites is 1. The number of ether oxygens (including phenoxy) is 3. The average molecular weight is 472 g/mol. The van der Waals surface area contributed by atoms with Gasteiger partial charge >= 0.3 is 0 Å². The summed E-state index contributed by atoms with van der Waals surface area (Å²) in [5.74, 6) is -0.171. The minimum Gasteiger partial charge on any atom is -0.493 e. The standard InChI is InChI=1S/C25H33N3O6/c1-27(19-10-5-4-6-11-19)17-18-9-7-8-12-21(18)26-25(29)20-15-23(33-3)24(34-14-13-32-2)16-22(20)28(30)31/h7-9,12,15-16,19H,4-6,10-11,13-14,17H2,1-3H3,(H,26,29). The number of nitrogens with zero attached hydrogens (tertiary/aromatic N) is 2. The number of anilines is 1. The Morgan fingerprint density at radius 2 is 1.85 bits per heavy atom. The SMILES string of the molecule is COCCOc1cc([N+](=O)[O-])c(C(=O)Nc2ccccc2CN(C)C2CCCCC2)cc1OC. The van der Waals surface area contributed by atoms with Crippen molar-refractivity contribution in [3.8, 4) is 11.5 Å². The van der Waals surface area contributed by atoms with Crippen molar-refractivity contribution in [3.05, 3.63) is 57.6 Å². The fourth-order valence-corrected chi connectivity index (χ4v) is 4.28. The van der Waals surface area contributed by atoms with Crippen LogP contribution in [0.1, 0.15) is 48.0 Å². The molecule has 1 aliphatic carbocycles. The molecule has 0 bridgehead atoms. The second kappa shape index (κ2) is 12.3. The van der Waals surface area contributed by atoms with Crippen LogP contribution in [0, 0.1) is 10.1 Å². The van der Waals surface area contributed by atoms with Gasteiger partial charge in [0.1, 0.15) is 12.2 Å². The first-order valence-electron chi connectivity index (χ1n) is 11.5. The first kappa shape index (κ1) is 25.5. The fourth-order valence-electron chi connectivity index (χ4n) is 4.28. The lowest BCUT2D eigenvalue weighted by atomic mass is 9.94. The zero-order chi connectivity index (χ0) is 24.5. The van der Waals surface area contributed by atoms with Crippen LogP contribution in [0.25, 0.3) is 0 Å². The van der Waals surface area contributed by atoms with Crippen molar-refractivity contribution in [1.82, 2.24) is 4.90 Å². The van der Waals surface area contributed by atoms with Crippen molar-refractivity contribution < 1.29 is 23.9 Å². The van der Waals surface area contributed by atoms with Gasteiger partial charge in [-0.2, -0.15) is 0 Å². The highest BCUT2D eigenvalue weighted by Gasteiger charge is 2.26. The van der Waals surface area contributed by atoms with Crippen molar-refractivity contribution in [2.24, 2.45) is 0 Å². The summed E-state index contributed by atoms with van der Waals surface area (Å²) in [4.78, 5) is 26.6. The summed E-state index contributed by atoms with van der Waals surface area (Å²) < 4.78 is 15.8. The van der Waals surface area contributed by atoms with Crippen LogP contribution >= 0.6 is 0 Å². The number of benzene rings is 2. The van der Waals surface area contributed by atoms with Crippen LogP contribution in [-0.2, 0) is 11.3 Å². The van der Waals surface area contributed by atoms with Gasteiger partial charge in [-0.15, -0.1) is 0 Å².